The Balaban J connectivity index is 1.80. The number of rotatable bonds is 5. The molecule has 2 aromatic heterocycles. The molecule has 130 valence electrons. The Morgan fingerprint density at radius 3 is 2.54 bits per heavy atom. The van der Waals surface area contributed by atoms with Gasteiger partial charge in [0, 0.05) is 10.9 Å². The van der Waals surface area contributed by atoms with Crippen LogP contribution in [-0.4, -0.2) is 30.3 Å². The lowest BCUT2D eigenvalue weighted by Gasteiger charge is -2.31. The second kappa shape index (κ2) is 7.35. The van der Waals surface area contributed by atoms with Crippen LogP contribution in [0.15, 0.2) is 29.6 Å². The highest BCUT2D eigenvalue weighted by Gasteiger charge is 2.45. The summed E-state index contributed by atoms with van der Waals surface area (Å²) in [4.78, 5) is 15.2. The van der Waals surface area contributed by atoms with Crippen LogP contribution < -0.4 is 5.32 Å². The Morgan fingerprint density at radius 2 is 2.00 bits per heavy atom. The van der Waals surface area contributed by atoms with E-state index in [0.29, 0.717) is 15.8 Å². The smallest absolute Gasteiger partial charge is 0.349 e. The number of aryl methyl sites for hydroxylation is 1. The molecular weight excluding hydrogens is 342 g/mol. The molecular formula is C18H23NO3S2. The van der Waals surface area contributed by atoms with Crippen LogP contribution in [0.4, 0.5) is 0 Å². The van der Waals surface area contributed by atoms with Crippen LogP contribution >= 0.6 is 22.7 Å². The van der Waals surface area contributed by atoms with Crippen molar-refractivity contribution >= 4 is 28.6 Å². The molecule has 0 aromatic carbocycles. The lowest BCUT2D eigenvalue weighted by atomic mass is 9.92. The van der Waals surface area contributed by atoms with E-state index in [2.05, 4.69) is 5.32 Å². The zero-order valence-corrected chi connectivity index (χ0v) is 15.6. The van der Waals surface area contributed by atoms with Gasteiger partial charge in [-0.1, -0.05) is 6.07 Å². The molecule has 0 spiro atoms. The molecule has 2 heterocycles. The van der Waals surface area contributed by atoms with Crippen LogP contribution in [-0.2, 0) is 15.1 Å². The molecule has 24 heavy (non-hydrogen) atoms. The fourth-order valence-corrected chi connectivity index (χ4v) is 4.99. The van der Waals surface area contributed by atoms with Crippen molar-refractivity contribution in [1.29, 1.82) is 0 Å². The fourth-order valence-electron chi connectivity index (χ4n) is 3.14. The highest BCUT2D eigenvalue weighted by molar-refractivity contribution is 7.13. The minimum Gasteiger partial charge on any atom is -0.460 e. The van der Waals surface area contributed by atoms with Crippen LogP contribution in [0.1, 0.15) is 40.3 Å². The first-order valence-electron chi connectivity index (χ1n) is 8.25. The van der Waals surface area contributed by atoms with Gasteiger partial charge in [-0.05, 0) is 63.2 Å². The molecule has 0 unspecified atom stereocenters. The van der Waals surface area contributed by atoms with Crippen molar-refractivity contribution in [2.24, 2.45) is 0 Å². The largest absolute Gasteiger partial charge is 0.460 e. The highest BCUT2D eigenvalue weighted by atomic mass is 32.1. The Labute approximate surface area is 150 Å². The molecule has 0 aliphatic heterocycles. The predicted octanol–water partition coefficient (Wildman–Crippen LogP) is 3.43. The molecule has 4 nitrogen and oxygen atoms in total. The van der Waals surface area contributed by atoms with E-state index in [1.807, 2.05) is 37.6 Å². The molecule has 0 radical (unpaired) electrons. The van der Waals surface area contributed by atoms with Crippen LogP contribution in [0.25, 0.3) is 0 Å². The Morgan fingerprint density at radius 1 is 1.25 bits per heavy atom. The fraction of sp³-hybridized carbons (Fsp3) is 0.500. The summed E-state index contributed by atoms with van der Waals surface area (Å²) in [6.07, 6.45) is 3.53. The van der Waals surface area contributed by atoms with Gasteiger partial charge in [-0.15, -0.1) is 22.7 Å². The molecule has 1 aliphatic rings. The molecule has 1 aliphatic carbocycles. The molecule has 1 atom stereocenters. The Hall–Kier alpha value is -1.21. The number of aliphatic hydroxyl groups is 1. The second-order valence-corrected chi connectivity index (χ2v) is 8.50. The van der Waals surface area contributed by atoms with E-state index in [1.165, 1.54) is 22.7 Å². The molecule has 3 rings (SSSR count). The van der Waals surface area contributed by atoms with Crippen molar-refractivity contribution in [3.05, 3.63) is 44.3 Å². The average molecular weight is 366 g/mol. The third-order valence-corrected chi connectivity index (χ3v) is 6.71. The molecule has 0 bridgehead atoms. The summed E-state index contributed by atoms with van der Waals surface area (Å²) < 4.78 is 5.73. The Bertz CT molecular complexity index is 674. The zero-order chi connectivity index (χ0) is 17.2. The monoisotopic (exact) mass is 365 g/mol. The third kappa shape index (κ3) is 3.42. The summed E-state index contributed by atoms with van der Waals surface area (Å²) in [7, 11) is 1.96. The van der Waals surface area contributed by atoms with Gasteiger partial charge in [0.1, 0.15) is 6.10 Å². The molecule has 1 saturated carbocycles. The summed E-state index contributed by atoms with van der Waals surface area (Å²) in [6, 6.07) is 7.87. The molecule has 6 heteroatoms. The minimum absolute atomic E-state index is 0.116. The van der Waals surface area contributed by atoms with Gasteiger partial charge in [-0.3, -0.25) is 0 Å². The van der Waals surface area contributed by atoms with Gasteiger partial charge in [0.05, 0.1) is 9.75 Å². The van der Waals surface area contributed by atoms with E-state index in [0.717, 1.165) is 30.6 Å². The number of ether oxygens (including phenoxy) is 1. The molecule has 2 N–H and O–H groups in total. The minimum atomic E-state index is -1.70. The molecule has 0 amide bonds. The summed E-state index contributed by atoms with van der Waals surface area (Å²) >= 11 is 2.81. The molecule has 2 aromatic rings. The van der Waals surface area contributed by atoms with Crippen molar-refractivity contribution in [3.63, 3.8) is 0 Å². The van der Waals surface area contributed by atoms with Crippen molar-refractivity contribution in [1.82, 2.24) is 5.32 Å². The second-order valence-electron chi connectivity index (χ2n) is 6.27. The van der Waals surface area contributed by atoms with Crippen molar-refractivity contribution in [2.45, 2.75) is 50.4 Å². The standard InChI is InChI=1S/C18H23NO3S2/c1-12-5-10-16(24-12)18(21,15-4-3-11-23-15)17(20)22-14-8-6-13(19-2)7-9-14/h3-5,10-11,13-14,19,21H,6-9H2,1-2H3/t13-,14-,18-/m1/s1. The summed E-state index contributed by atoms with van der Waals surface area (Å²) in [5.41, 5.74) is -1.70. The highest BCUT2D eigenvalue weighted by Crippen LogP contribution is 2.38. The first-order valence-corrected chi connectivity index (χ1v) is 9.95. The van der Waals surface area contributed by atoms with E-state index in [1.54, 1.807) is 6.07 Å². The van der Waals surface area contributed by atoms with Crippen LogP contribution in [0, 0.1) is 6.92 Å². The number of hydrogen-bond donors (Lipinski definition) is 2. The third-order valence-electron chi connectivity index (χ3n) is 4.63. The maximum atomic E-state index is 12.9. The van der Waals surface area contributed by atoms with E-state index in [4.69, 9.17) is 4.74 Å². The normalized spacial score (nSPS) is 23.6. The van der Waals surface area contributed by atoms with Crippen LogP contribution in [0.5, 0.6) is 0 Å². The van der Waals surface area contributed by atoms with Gasteiger partial charge in [-0.25, -0.2) is 4.79 Å². The lowest BCUT2D eigenvalue weighted by Crippen LogP contribution is -2.41. The van der Waals surface area contributed by atoms with E-state index in [-0.39, 0.29) is 6.10 Å². The van der Waals surface area contributed by atoms with Gasteiger partial charge in [0.15, 0.2) is 0 Å². The topological polar surface area (TPSA) is 58.6 Å². The van der Waals surface area contributed by atoms with Crippen LogP contribution in [0.3, 0.4) is 0 Å². The van der Waals surface area contributed by atoms with Gasteiger partial charge < -0.3 is 15.2 Å². The summed E-state index contributed by atoms with van der Waals surface area (Å²) in [5, 5.41) is 16.4. The zero-order valence-electron chi connectivity index (χ0n) is 14.0. The van der Waals surface area contributed by atoms with E-state index >= 15 is 0 Å². The van der Waals surface area contributed by atoms with Crippen molar-refractivity contribution in [2.75, 3.05) is 7.05 Å². The van der Waals surface area contributed by atoms with Crippen molar-refractivity contribution in [3.8, 4) is 0 Å². The van der Waals surface area contributed by atoms with Gasteiger partial charge in [0.2, 0.25) is 5.60 Å². The average Bonchev–Trinajstić information content (AvgIpc) is 3.26. The van der Waals surface area contributed by atoms with Gasteiger partial charge in [-0.2, -0.15) is 0 Å². The number of carbonyl (C=O) groups excluding carboxylic acids is 1. The first kappa shape index (κ1) is 17.6. The van der Waals surface area contributed by atoms with Crippen LogP contribution in [0.2, 0.25) is 0 Å². The predicted molar refractivity (Wildman–Crippen MR) is 97.6 cm³/mol. The summed E-state index contributed by atoms with van der Waals surface area (Å²) in [6.45, 7) is 1.97. The van der Waals surface area contributed by atoms with E-state index in [9.17, 15) is 9.90 Å². The van der Waals surface area contributed by atoms with E-state index < -0.39 is 11.6 Å². The molecule has 0 saturated heterocycles. The van der Waals surface area contributed by atoms with Crippen molar-refractivity contribution < 1.29 is 14.6 Å². The number of carbonyl (C=O) groups is 1. The first-order chi connectivity index (χ1) is 11.5. The van der Waals surface area contributed by atoms with Gasteiger partial charge >= 0.3 is 5.97 Å². The van der Waals surface area contributed by atoms with Gasteiger partial charge in [0.25, 0.3) is 0 Å². The summed E-state index contributed by atoms with van der Waals surface area (Å²) in [5.74, 6) is -0.556. The Kier molecular flexibility index (Phi) is 5.39. The molecule has 1 fully saturated rings. The SMILES string of the molecule is CN[C@H]1CC[C@H](OC(=O)[C@@](O)(c2cccs2)c2ccc(C)s2)CC1. The number of thiophene rings is 2. The number of esters is 1. The number of hydrogen-bond acceptors (Lipinski definition) is 6. The lowest BCUT2D eigenvalue weighted by molar-refractivity contribution is -0.169. The maximum Gasteiger partial charge on any atom is 0.349 e. The number of nitrogens with one attached hydrogen (secondary N) is 1. The quantitative estimate of drug-likeness (QED) is 0.797. The maximum absolute atomic E-state index is 12.9.